The van der Waals surface area contributed by atoms with Crippen molar-refractivity contribution >= 4 is 11.7 Å². The first-order chi connectivity index (χ1) is 7.59. The Balaban J connectivity index is 2.58. The van der Waals surface area contributed by atoms with Crippen LogP contribution < -0.4 is 5.73 Å². The first kappa shape index (κ1) is 10.2. The maximum atomic E-state index is 10.9. The van der Waals surface area contributed by atoms with E-state index in [1.165, 1.54) is 16.9 Å². The molecule has 0 aliphatic carbocycles. The van der Waals surface area contributed by atoms with Crippen molar-refractivity contribution in [1.82, 2.24) is 14.8 Å². The summed E-state index contributed by atoms with van der Waals surface area (Å²) in [6, 6.07) is 3.14. The fourth-order valence-corrected chi connectivity index (χ4v) is 1.36. The Hall–Kier alpha value is -2.37. The Kier molecular flexibility index (Phi) is 2.32. The quantitative estimate of drug-likeness (QED) is 0.779. The van der Waals surface area contributed by atoms with E-state index in [2.05, 4.69) is 10.1 Å². The number of carboxylic acids is 1. The molecule has 0 fully saturated rings. The van der Waals surface area contributed by atoms with Gasteiger partial charge < -0.3 is 10.8 Å². The van der Waals surface area contributed by atoms with Crippen molar-refractivity contribution in [3.63, 3.8) is 0 Å². The van der Waals surface area contributed by atoms with E-state index in [0.29, 0.717) is 5.82 Å². The number of aromatic carboxylic acids is 1. The summed E-state index contributed by atoms with van der Waals surface area (Å²) >= 11 is 0. The zero-order chi connectivity index (χ0) is 11.7. The maximum Gasteiger partial charge on any atom is 0.337 e. The molecule has 0 aromatic carbocycles. The standard InChI is InChI=1S/C10H10N4O2/c1-6-3-5-14(13-6)9-8(11)7(10(15)16)2-4-12-9/h2-5H,11H2,1H3,(H,15,16). The molecule has 6 nitrogen and oxygen atoms in total. The average molecular weight is 218 g/mol. The molecule has 0 aliphatic rings. The highest BCUT2D eigenvalue weighted by molar-refractivity contribution is 5.95. The number of hydrogen-bond donors (Lipinski definition) is 2. The molecule has 0 spiro atoms. The molecule has 0 saturated heterocycles. The lowest BCUT2D eigenvalue weighted by Gasteiger charge is -2.06. The molecule has 82 valence electrons. The van der Waals surface area contributed by atoms with E-state index >= 15 is 0 Å². The minimum absolute atomic E-state index is 0.0261. The summed E-state index contributed by atoms with van der Waals surface area (Å²) in [7, 11) is 0. The van der Waals surface area contributed by atoms with Crippen LogP contribution in [0.4, 0.5) is 5.69 Å². The number of nitrogen functional groups attached to an aromatic ring is 1. The largest absolute Gasteiger partial charge is 0.478 e. The van der Waals surface area contributed by atoms with E-state index in [1.807, 2.05) is 6.92 Å². The number of rotatable bonds is 2. The number of nitrogens with zero attached hydrogens (tertiary/aromatic N) is 3. The van der Waals surface area contributed by atoms with Crippen LogP contribution in [0.3, 0.4) is 0 Å². The average Bonchev–Trinajstić information content (AvgIpc) is 2.64. The smallest absolute Gasteiger partial charge is 0.337 e. The van der Waals surface area contributed by atoms with E-state index in [1.54, 1.807) is 12.3 Å². The second-order valence-corrected chi connectivity index (χ2v) is 3.30. The zero-order valence-electron chi connectivity index (χ0n) is 8.58. The van der Waals surface area contributed by atoms with Gasteiger partial charge in [0.1, 0.15) is 0 Å². The van der Waals surface area contributed by atoms with Gasteiger partial charge in [-0.25, -0.2) is 14.5 Å². The Morgan fingerprint density at radius 3 is 2.81 bits per heavy atom. The van der Waals surface area contributed by atoms with Crippen LogP contribution in [0.1, 0.15) is 16.1 Å². The van der Waals surface area contributed by atoms with Gasteiger partial charge in [-0.15, -0.1) is 0 Å². The molecule has 0 aliphatic heterocycles. The molecule has 6 heteroatoms. The van der Waals surface area contributed by atoms with E-state index in [4.69, 9.17) is 10.8 Å². The lowest BCUT2D eigenvalue weighted by molar-refractivity contribution is 0.0698. The summed E-state index contributed by atoms with van der Waals surface area (Å²) in [6.45, 7) is 1.83. The molecule has 0 radical (unpaired) electrons. The van der Waals surface area contributed by atoms with Crippen LogP contribution in [-0.2, 0) is 0 Å². The van der Waals surface area contributed by atoms with Crippen molar-refractivity contribution in [2.24, 2.45) is 0 Å². The van der Waals surface area contributed by atoms with Crippen LogP contribution in [0.5, 0.6) is 0 Å². The van der Waals surface area contributed by atoms with Gasteiger partial charge in [-0.1, -0.05) is 0 Å². The highest BCUT2D eigenvalue weighted by Gasteiger charge is 2.13. The number of hydrogen-bond acceptors (Lipinski definition) is 4. The third kappa shape index (κ3) is 1.60. The van der Waals surface area contributed by atoms with Crippen LogP contribution in [-0.4, -0.2) is 25.8 Å². The molecule has 0 saturated carbocycles. The molecule has 0 unspecified atom stereocenters. The summed E-state index contributed by atoms with van der Waals surface area (Å²) in [5.74, 6) is -0.752. The summed E-state index contributed by atoms with van der Waals surface area (Å²) < 4.78 is 1.46. The Morgan fingerprint density at radius 2 is 2.25 bits per heavy atom. The number of nitrogens with two attached hydrogens (primary N) is 1. The minimum atomic E-state index is -1.08. The van der Waals surface area contributed by atoms with Gasteiger partial charge in [-0.05, 0) is 19.1 Å². The summed E-state index contributed by atoms with van der Waals surface area (Å²) in [5.41, 5.74) is 6.66. The number of aromatic nitrogens is 3. The highest BCUT2D eigenvalue weighted by Crippen LogP contribution is 2.18. The lowest BCUT2D eigenvalue weighted by Crippen LogP contribution is -2.09. The van der Waals surface area contributed by atoms with Gasteiger partial charge in [0.2, 0.25) is 0 Å². The molecule has 0 bridgehead atoms. The van der Waals surface area contributed by atoms with Crippen molar-refractivity contribution in [3.8, 4) is 5.82 Å². The summed E-state index contributed by atoms with van der Waals surface area (Å²) in [4.78, 5) is 14.9. The molecule has 3 N–H and O–H groups in total. The predicted molar refractivity (Wildman–Crippen MR) is 57.5 cm³/mol. The fourth-order valence-electron chi connectivity index (χ4n) is 1.36. The van der Waals surface area contributed by atoms with Crippen LogP contribution in [0.15, 0.2) is 24.5 Å². The molecular formula is C10H10N4O2. The van der Waals surface area contributed by atoms with Gasteiger partial charge >= 0.3 is 5.97 Å². The predicted octanol–water partition coefficient (Wildman–Crippen LogP) is 0.856. The van der Waals surface area contributed by atoms with Gasteiger partial charge in [0, 0.05) is 12.4 Å². The van der Waals surface area contributed by atoms with E-state index < -0.39 is 5.97 Å². The number of aryl methyl sites for hydroxylation is 1. The van der Waals surface area contributed by atoms with Crippen molar-refractivity contribution in [3.05, 3.63) is 35.8 Å². The van der Waals surface area contributed by atoms with E-state index in [9.17, 15) is 4.79 Å². The lowest BCUT2D eigenvalue weighted by atomic mass is 10.2. The molecule has 0 atom stereocenters. The Labute approximate surface area is 91.3 Å². The number of anilines is 1. The second kappa shape index (κ2) is 3.65. The normalized spacial score (nSPS) is 10.3. The van der Waals surface area contributed by atoms with Crippen LogP contribution in [0.2, 0.25) is 0 Å². The van der Waals surface area contributed by atoms with Gasteiger partial charge in [-0.2, -0.15) is 5.10 Å². The Bertz CT molecular complexity index is 548. The second-order valence-electron chi connectivity index (χ2n) is 3.30. The molecule has 2 rings (SSSR count). The van der Waals surface area contributed by atoms with Crippen LogP contribution >= 0.6 is 0 Å². The first-order valence-corrected chi connectivity index (χ1v) is 4.60. The molecule has 2 aromatic heterocycles. The van der Waals surface area contributed by atoms with Gasteiger partial charge in [0.05, 0.1) is 16.9 Å². The third-order valence-corrected chi connectivity index (χ3v) is 2.14. The van der Waals surface area contributed by atoms with Crippen molar-refractivity contribution < 1.29 is 9.90 Å². The first-order valence-electron chi connectivity index (χ1n) is 4.60. The van der Waals surface area contributed by atoms with Crippen LogP contribution in [0.25, 0.3) is 5.82 Å². The number of carboxylic acid groups (broad SMARTS) is 1. The van der Waals surface area contributed by atoms with Crippen molar-refractivity contribution in [2.45, 2.75) is 6.92 Å². The molecule has 16 heavy (non-hydrogen) atoms. The van der Waals surface area contributed by atoms with Crippen molar-refractivity contribution in [1.29, 1.82) is 0 Å². The molecule has 2 aromatic rings. The number of pyridine rings is 1. The monoisotopic (exact) mass is 218 g/mol. The summed E-state index contributed by atoms with van der Waals surface area (Å²) in [6.07, 6.45) is 3.08. The number of carbonyl (C=O) groups is 1. The molecule has 0 amide bonds. The summed E-state index contributed by atoms with van der Waals surface area (Å²) in [5, 5.41) is 13.0. The van der Waals surface area contributed by atoms with E-state index in [-0.39, 0.29) is 11.3 Å². The van der Waals surface area contributed by atoms with Gasteiger partial charge in [0.25, 0.3) is 0 Å². The van der Waals surface area contributed by atoms with Crippen LogP contribution in [0, 0.1) is 6.92 Å². The minimum Gasteiger partial charge on any atom is -0.478 e. The third-order valence-electron chi connectivity index (χ3n) is 2.14. The van der Waals surface area contributed by atoms with E-state index in [0.717, 1.165) is 5.69 Å². The fraction of sp³-hybridized carbons (Fsp3) is 0.100. The maximum absolute atomic E-state index is 10.9. The topological polar surface area (TPSA) is 94.0 Å². The Morgan fingerprint density at radius 1 is 1.50 bits per heavy atom. The van der Waals surface area contributed by atoms with Gasteiger partial charge in [-0.3, -0.25) is 0 Å². The SMILES string of the molecule is Cc1ccn(-c2nccc(C(=O)O)c2N)n1. The molecular weight excluding hydrogens is 208 g/mol. The zero-order valence-corrected chi connectivity index (χ0v) is 8.58. The molecule has 2 heterocycles. The van der Waals surface area contributed by atoms with Crippen molar-refractivity contribution in [2.75, 3.05) is 5.73 Å². The van der Waals surface area contributed by atoms with Gasteiger partial charge in [0.15, 0.2) is 5.82 Å². The highest BCUT2D eigenvalue weighted by atomic mass is 16.4.